The van der Waals surface area contributed by atoms with Crippen molar-refractivity contribution in [1.29, 1.82) is 0 Å². The Morgan fingerprint density at radius 1 is 1.10 bits per heavy atom. The number of nitrogens with zero attached hydrogens (tertiary/aromatic N) is 1. The van der Waals surface area contributed by atoms with Gasteiger partial charge < -0.3 is 10.0 Å². The van der Waals surface area contributed by atoms with Crippen LogP contribution in [0.2, 0.25) is 0 Å². The number of carboxylic acids is 1. The smallest absolute Gasteiger partial charge is 0.335 e. The van der Waals surface area contributed by atoms with E-state index in [0.717, 1.165) is 37.2 Å². The first-order valence-corrected chi connectivity index (χ1v) is 7.90. The highest BCUT2D eigenvalue weighted by Crippen LogP contribution is 2.21. The SMILES string of the molecule is Cc1cc(N(CCC(C)C)CCC(C)C)ccc1C(=O)O. The minimum absolute atomic E-state index is 0.395. The zero-order valence-corrected chi connectivity index (χ0v) is 14.0. The van der Waals surface area contributed by atoms with Crippen molar-refractivity contribution in [3.05, 3.63) is 29.3 Å². The van der Waals surface area contributed by atoms with Crippen molar-refractivity contribution in [2.24, 2.45) is 11.8 Å². The molecule has 3 heteroatoms. The molecule has 0 saturated carbocycles. The molecule has 118 valence electrons. The van der Waals surface area contributed by atoms with Crippen molar-refractivity contribution in [2.75, 3.05) is 18.0 Å². The summed E-state index contributed by atoms with van der Waals surface area (Å²) in [6, 6.07) is 5.67. The van der Waals surface area contributed by atoms with E-state index in [4.69, 9.17) is 5.11 Å². The zero-order valence-electron chi connectivity index (χ0n) is 14.0. The van der Waals surface area contributed by atoms with Gasteiger partial charge in [-0.15, -0.1) is 0 Å². The summed E-state index contributed by atoms with van der Waals surface area (Å²) in [7, 11) is 0. The molecule has 0 radical (unpaired) electrons. The molecule has 0 saturated heterocycles. The van der Waals surface area contributed by atoms with Crippen molar-refractivity contribution in [2.45, 2.75) is 47.5 Å². The number of carbonyl (C=O) groups is 1. The highest BCUT2D eigenvalue weighted by atomic mass is 16.4. The second-order valence-corrected chi connectivity index (χ2v) is 6.66. The van der Waals surface area contributed by atoms with Crippen LogP contribution in [-0.2, 0) is 0 Å². The van der Waals surface area contributed by atoms with E-state index in [1.54, 1.807) is 6.07 Å². The number of aryl methyl sites for hydroxylation is 1. The second kappa shape index (κ2) is 8.06. The maximum Gasteiger partial charge on any atom is 0.335 e. The monoisotopic (exact) mass is 291 g/mol. The largest absolute Gasteiger partial charge is 0.478 e. The predicted octanol–water partition coefficient (Wildman–Crippen LogP) is 4.59. The normalized spacial score (nSPS) is 11.2. The molecule has 0 aliphatic rings. The van der Waals surface area contributed by atoms with Crippen LogP contribution in [0, 0.1) is 18.8 Å². The fourth-order valence-corrected chi connectivity index (χ4v) is 2.28. The number of benzene rings is 1. The molecule has 0 atom stereocenters. The quantitative estimate of drug-likeness (QED) is 0.761. The van der Waals surface area contributed by atoms with Gasteiger partial charge in [-0.1, -0.05) is 27.7 Å². The lowest BCUT2D eigenvalue weighted by Crippen LogP contribution is -2.27. The lowest BCUT2D eigenvalue weighted by atomic mass is 10.1. The molecule has 0 aliphatic heterocycles. The Balaban J connectivity index is 2.90. The fourth-order valence-electron chi connectivity index (χ4n) is 2.28. The maximum atomic E-state index is 11.1. The van der Waals surface area contributed by atoms with Crippen molar-refractivity contribution in [1.82, 2.24) is 0 Å². The number of hydrogen-bond donors (Lipinski definition) is 1. The van der Waals surface area contributed by atoms with Gasteiger partial charge in [0.25, 0.3) is 0 Å². The van der Waals surface area contributed by atoms with Gasteiger partial charge in [0, 0.05) is 18.8 Å². The van der Waals surface area contributed by atoms with Crippen LogP contribution in [0.25, 0.3) is 0 Å². The van der Waals surface area contributed by atoms with Crippen LogP contribution >= 0.6 is 0 Å². The van der Waals surface area contributed by atoms with Crippen molar-refractivity contribution >= 4 is 11.7 Å². The third-order valence-electron chi connectivity index (χ3n) is 3.76. The number of carboxylic acid groups (broad SMARTS) is 1. The van der Waals surface area contributed by atoms with Crippen LogP contribution < -0.4 is 4.90 Å². The predicted molar refractivity (Wildman–Crippen MR) is 89.3 cm³/mol. The van der Waals surface area contributed by atoms with E-state index in [1.165, 1.54) is 0 Å². The second-order valence-electron chi connectivity index (χ2n) is 6.66. The van der Waals surface area contributed by atoms with Crippen molar-refractivity contribution in [3.63, 3.8) is 0 Å². The Bertz CT molecular complexity index is 454. The van der Waals surface area contributed by atoms with Gasteiger partial charge in [0.15, 0.2) is 0 Å². The number of aromatic carboxylic acids is 1. The summed E-state index contributed by atoms with van der Waals surface area (Å²) in [5.74, 6) is 0.492. The first kappa shape index (κ1) is 17.5. The van der Waals surface area contributed by atoms with Gasteiger partial charge in [-0.2, -0.15) is 0 Å². The van der Waals surface area contributed by atoms with Crippen LogP contribution in [0.3, 0.4) is 0 Å². The first-order chi connectivity index (χ1) is 9.81. The summed E-state index contributed by atoms with van der Waals surface area (Å²) >= 11 is 0. The zero-order chi connectivity index (χ0) is 16.0. The third-order valence-corrected chi connectivity index (χ3v) is 3.76. The molecule has 0 spiro atoms. The van der Waals surface area contributed by atoms with Gasteiger partial charge in [0.05, 0.1) is 5.56 Å². The van der Waals surface area contributed by atoms with Crippen LogP contribution in [0.4, 0.5) is 5.69 Å². The molecular weight excluding hydrogens is 262 g/mol. The Kier molecular flexibility index (Phi) is 6.73. The van der Waals surface area contributed by atoms with E-state index < -0.39 is 5.97 Å². The lowest BCUT2D eigenvalue weighted by Gasteiger charge is -2.27. The average molecular weight is 291 g/mol. The van der Waals surface area contributed by atoms with Crippen molar-refractivity contribution in [3.8, 4) is 0 Å². The molecule has 21 heavy (non-hydrogen) atoms. The summed E-state index contributed by atoms with van der Waals surface area (Å²) in [4.78, 5) is 13.5. The highest BCUT2D eigenvalue weighted by Gasteiger charge is 2.12. The lowest BCUT2D eigenvalue weighted by molar-refractivity contribution is 0.0696. The van der Waals surface area contributed by atoms with Gasteiger partial charge >= 0.3 is 5.97 Å². The summed E-state index contributed by atoms with van der Waals surface area (Å²) in [5, 5.41) is 9.13. The van der Waals surface area contributed by atoms with Crippen LogP contribution in [0.1, 0.15) is 56.5 Å². The molecule has 0 heterocycles. The van der Waals surface area contributed by atoms with Gasteiger partial charge in [-0.05, 0) is 55.4 Å². The third kappa shape index (κ3) is 5.78. The molecular formula is C18H29NO2. The number of rotatable bonds is 8. The first-order valence-electron chi connectivity index (χ1n) is 7.90. The Labute approximate surface area is 129 Å². The van der Waals surface area contributed by atoms with E-state index >= 15 is 0 Å². The number of anilines is 1. The summed E-state index contributed by atoms with van der Waals surface area (Å²) < 4.78 is 0. The molecule has 0 fully saturated rings. The van der Waals surface area contributed by atoms with Gasteiger partial charge in [-0.3, -0.25) is 0 Å². The van der Waals surface area contributed by atoms with E-state index in [2.05, 4.69) is 32.6 Å². The Morgan fingerprint density at radius 3 is 2.00 bits per heavy atom. The van der Waals surface area contributed by atoms with Gasteiger partial charge in [0.1, 0.15) is 0 Å². The van der Waals surface area contributed by atoms with E-state index in [0.29, 0.717) is 17.4 Å². The van der Waals surface area contributed by atoms with E-state index in [9.17, 15) is 4.79 Å². The molecule has 1 N–H and O–H groups in total. The van der Waals surface area contributed by atoms with Crippen molar-refractivity contribution < 1.29 is 9.90 Å². The Morgan fingerprint density at radius 2 is 1.62 bits per heavy atom. The summed E-state index contributed by atoms with van der Waals surface area (Å²) in [6.45, 7) is 12.9. The molecule has 0 aliphatic carbocycles. The molecule has 1 aromatic carbocycles. The molecule has 0 amide bonds. The molecule has 1 rings (SSSR count). The van der Waals surface area contributed by atoms with Gasteiger partial charge in [0.2, 0.25) is 0 Å². The number of hydrogen-bond acceptors (Lipinski definition) is 2. The fraction of sp³-hybridized carbons (Fsp3) is 0.611. The molecule has 0 bridgehead atoms. The van der Waals surface area contributed by atoms with E-state index in [-0.39, 0.29) is 0 Å². The maximum absolute atomic E-state index is 11.1. The molecule has 0 unspecified atom stereocenters. The van der Waals surface area contributed by atoms with Crippen LogP contribution in [0.15, 0.2) is 18.2 Å². The van der Waals surface area contributed by atoms with Crippen LogP contribution in [-0.4, -0.2) is 24.2 Å². The van der Waals surface area contributed by atoms with E-state index in [1.807, 2.05) is 19.1 Å². The van der Waals surface area contributed by atoms with Gasteiger partial charge in [-0.25, -0.2) is 4.79 Å². The summed E-state index contributed by atoms with van der Waals surface area (Å²) in [5.41, 5.74) is 2.37. The summed E-state index contributed by atoms with van der Waals surface area (Å²) in [6.07, 6.45) is 2.30. The average Bonchev–Trinajstić information content (AvgIpc) is 2.37. The molecule has 3 nitrogen and oxygen atoms in total. The molecule has 0 aromatic heterocycles. The topological polar surface area (TPSA) is 40.5 Å². The minimum Gasteiger partial charge on any atom is -0.478 e. The standard InChI is InChI=1S/C18H29NO2/c1-13(2)8-10-19(11-9-14(3)4)16-6-7-17(18(20)21)15(5)12-16/h6-7,12-14H,8-11H2,1-5H3,(H,20,21). The molecule has 1 aromatic rings. The minimum atomic E-state index is -0.852. The Hall–Kier alpha value is -1.51. The van der Waals surface area contributed by atoms with Crippen LogP contribution in [0.5, 0.6) is 0 Å². The highest BCUT2D eigenvalue weighted by molar-refractivity contribution is 5.89.